The summed E-state index contributed by atoms with van der Waals surface area (Å²) in [4.78, 5) is 21.8. The Balaban J connectivity index is 2.24. The Bertz CT molecular complexity index is 734. The van der Waals surface area contributed by atoms with Crippen molar-refractivity contribution in [2.75, 3.05) is 5.32 Å². The maximum absolute atomic E-state index is 12.0. The minimum absolute atomic E-state index is 0.0594. The van der Waals surface area contributed by atoms with E-state index < -0.39 is 22.3 Å². The van der Waals surface area contributed by atoms with Crippen molar-refractivity contribution >= 4 is 40.5 Å². The van der Waals surface area contributed by atoms with E-state index in [1.807, 2.05) is 0 Å². The van der Waals surface area contributed by atoms with E-state index in [0.29, 0.717) is 10.7 Å². The van der Waals surface area contributed by atoms with Crippen molar-refractivity contribution in [2.24, 2.45) is 0 Å². The van der Waals surface area contributed by atoms with Crippen LogP contribution < -0.4 is 5.32 Å². The fourth-order valence-corrected chi connectivity index (χ4v) is 2.06. The van der Waals surface area contributed by atoms with Gasteiger partial charge in [0.05, 0.1) is 15.6 Å². The molecule has 0 aromatic heterocycles. The second kappa shape index (κ2) is 5.99. The molecule has 0 heterocycles. The van der Waals surface area contributed by atoms with E-state index in [-0.39, 0.29) is 10.6 Å². The number of rotatable bonds is 3. The maximum atomic E-state index is 12.0. The Morgan fingerprint density at radius 1 is 1.19 bits per heavy atom. The van der Waals surface area contributed by atoms with Crippen molar-refractivity contribution in [3.63, 3.8) is 0 Å². The molecule has 0 radical (unpaired) electrons. The highest BCUT2D eigenvalue weighted by atomic mass is 35.5. The Labute approximate surface area is 129 Å². The molecule has 2 aromatic rings. The van der Waals surface area contributed by atoms with Crippen LogP contribution in [0.5, 0.6) is 5.75 Å². The SMILES string of the molecule is O=C(Nc1ccc(Cl)cc1Cl)c1ccc([N+](=O)[O-])c(O)c1. The van der Waals surface area contributed by atoms with Gasteiger partial charge in [-0.15, -0.1) is 0 Å². The number of carbonyl (C=O) groups is 1. The summed E-state index contributed by atoms with van der Waals surface area (Å²) in [5.41, 5.74) is -0.0795. The first-order chi connectivity index (χ1) is 9.88. The van der Waals surface area contributed by atoms with Gasteiger partial charge in [0.1, 0.15) is 0 Å². The molecule has 8 heteroatoms. The zero-order valence-corrected chi connectivity index (χ0v) is 11.9. The van der Waals surface area contributed by atoms with Crippen LogP contribution >= 0.6 is 23.2 Å². The van der Waals surface area contributed by atoms with E-state index in [1.165, 1.54) is 18.2 Å². The molecular weight excluding hydrogens is 319 g/mol. The molecule has 1 amide bonds. The number of amides is 1. The lowest BCUT2D eigenvalue weighted by Crippen LogP contribution is -2.12. The van der Waals surface area contributed by atoms with Crippen molar-refractivity contribution in [1.82, 2.24) is 0 Å². The number of anilines is 1. The molecule has 2 rings (SSSR count). The third kappa shape index (κ3) is 3.42. The lowest BCUT2D eigenvalue weighted by atomic mass is 10.1. The topological polar surface area (TPSA) is 92.5 Å². The third-order valence-electron chi connectivity index (χ3n) is 2.61. The van der Waals surface area contributed by atoms with Gasteiger partial charge in [-0.25, -0.2) is 0 Å². The van der Waals surface area contributed by atoms with Crippen LogP contribution in [0.2, 0.25) is 10.0 Å². The number of nitro benzene ring substituents is 1. The normalized spacial score (nSPS) is 10.2. The van der Waals surface area contributed by atoms with Gasteiger partial charge < -0.3 is 10.4 Å². The molecule has 0 unspecified atom stereocenters. The van der Waals surface area contributed by atoms with Crippen molar-refractivity contribution in [2.45, 2.75) is 0 Å². The third-order valence-corrected chi connectivity index (χ3v) is 3.16. The second-order valence-electron chi connectivity index (χ2n) is 4.04. The van der Waals surface area contributed by atoms with Crippen LogP contribution in [0.4, 0.5) is 11.4 Å². The molecule has 2 aromatic carbocycles. The number of hydrogen-bond acceptors (Lipinski definition) is 4. The minimum Gasteiger partial charge on any atom is -0.502 e. The number of carbonyl (C=O) groups excluding carboxylic acids is 1. The van der Waals surface area contributed by atoms with E-state index >= 15 is 0 Å². The lowest BCUT2D eigenvalue weighted by Gasteiger charge is -2.08. The van der Waals surface area contributed by atoms with Crippen molar-refractivity contribution < 1.29 is 14.8 Å². The number of halogens is 2. The fraction of sp³-hybridized carbons (Fsp3) is 0. The predicted octanol–water partition coefficient (Wildman–Crippen LogP) is 3.86. The standard InChI is InChI=1S/C13H8Cl2N2O4/c14-8-2-3-10(9(15)6-8)16-13(19)7-1-4-11(17(20)21)12(18)5-7/h1-6,18H,(H,16,19). The van der Waals surface area contributed by atoms with E-state index in [0.717, 1.165) is 12.1 Å². The largest absolute Gasteiger partial charge is 0.502 e. The number of phenolic OH excluding ortho intramolecular Hbond substituents is 1. The van der Waals surface area contributed by atoms with Gasteiger partial charge in [-0.05, 0) is 30.3 Å². The summed E-state index contributed by atoms with van der Waals surface area (Å²) in [5, 5.41) is 23.3. The average Bonchev–Trinajstić information content (AvgIpc) is 2.41. The molecule has 6 nitrogen and oxygen atoms in total. The number of benzene rings is 2. The number of nitrogens with one attached hydrogen (secondary N) is 1. The molecule has 0 spiro atoms. The first-order valence-electron chi connectivity index (χ1n) is 5.62. The number of nitrogens with zero attached hydrogens (tertiary/aromatic N) is 1. The second-order valence-corrected chi connectivity index (χ2v) is 4.88. The molecule has 0 bridgehead atoms. The summed E-state index contributed by atoms with van der Waals surface area (Å²) in [6, 6.07) is 7.83. The van der Waals surface area contributed by atoms with Gasteiger partial charge in [0.2, 0.25) is 0 Å². The molecule has 0 fully saturated rings. The molecule has 0 aliphatic heterocycles. The Hall–Kier alpha value is -2.31. The molecule has 0 atom stereocenters. The Morgan fingerprint density at radius 2 is 1.90 bits per heavy atom. The van der Waals surface area contributed by atoms with Crippen LogP contribution in [0.25, 0.3) is 0 Å². The van der Waals surface area contributed by atoms with Crippen LogP contribution in [-0.4, -0.2) is 15.9 Å². The Kier molecular flexibility index (Phi) is 4.30. The number of hydrogen-bond donors (Lipinski definition) is 2. The highest BCUT2D eigenvalue weighted by Crippen LogP contribution is 2.28. The Morgan fingerprint density at radius 3 is 2.48 bits per heavy atom. The predicted molar refractivity (Wildman–Crippen MR) is 79.2 cm³/mol. The highest BCUT2D eigenvalue weighted by Gasteiger charge is 2.16. The van der Waals surface area contributed by atoms with Crippen LogP contribution in [-0.2, 0) is 0 Å². The molecule has 0 saturated carbocycles. The molecule has 0 aliphatic carbocycles. The van der Waals surface area contributed by atoms with Gasteiger partial charge in [0.25, 0.3) is 5.91 Å². The van der Waals surface area contributed by atoms with E-state index in [4.69, 9.17) is 23.2 Å². The van der Waals surface area contributed by atoms with Gasteiger partial charge in [-0.3, -0.25) is 14.9 Å². The van der Waals surface area contributed by atoms with E-state index in [1.54, 1.807) is 6.07 Å². The molecule has 0 saturated heterocycles. The first-order valence-corrected chi connectivity index (χ1v) is 6.38. The van der Waals surface area contributed by atoms with Crippen LogP contribution in [0.1, 0.15) is 10.4 Å². The van der Waals surface area contributed by atoms with Crippen LogP contribution in [0, 0.1) is 10.1 Å². The van der Waals surface area contributed by atoms with Crippen molar-refractivity contribution in [1.29, 1.82) is 0 Å². The molecule has 21 heavy (non-hydrogen) atoms. The zero-order valence-electron chi connectivity index (χ0n) is 10.3. The fourth-order valence-electron chi connectivity index (χ4n) is 1.60. The van der Waals surface area contributed by atoms with Gasteiger partial charge in [0.15, 0.2) is 5.75 Å². The summed E-state index contributed by atoms with van der Waals surface area (Å²) in [5.74, 6) is -1.15. The number of aromatic hydroxyl groups is 1. The first kappa shape index (κ1) is 15.1. The van der Waals surface area contributed by atoms with Gasteiger partial charge >= 0.3 is 5.69 Å². The minimum atomic E-state index is -0.743. The van der Waals surface area contributed by atoms with Crippen molar-refractivity contribution in [3.05, 3.63) is 62.1 Å². The van der Waals surface area contributed by atoms with Gasteiger partial charge in [-0.1, -0.05) is 23.2 Å². The van der Waals surface area contributed by atoms with Crippen LogP contribution in [0.15, 0.2) is 36.4 Å². The van der Waals surface area contributed by atoms with Gasteiger partial charge in [0, 0.05) is 16.7 Å². The smallest absolute Gasteiger partial charge is 0.310 e. The van der Waals surface area contributed by atoms with E-state index in [9.17, 15) is 20.0 Å². The molecule has 108 valence electrons. The zero-order chi connectivity index (χ0) is 15.6. The summed E-state index contributed by atoms with van der Waals surface area (Å²) >= 11 is 11.7. The van der Waals surface area contributed by atoms with Gasteiger partial charge in [-0.2, -0.15) is 0 Å². The molecule has 2 N–H and O–H groups in total. The summed E-state index contributed by atoms with van der Waals surface area (Å²) in [6.07, 6.45) is 0. The van der Waals surface area contributed by atoms with Crippen LogP contribution in [0.3, 0.4) is 0 Å². The number of nitro groups is 1. The monoisotopic (exact) mass is 326 g/mol. The average molecular weight is 327 g/mol. The summed E-state index contributed by atoms with van der Waals surface area (Å²) < 4.78 is 0. The number of phenols is 1. The summed E-state index contributed by atoms with van der Waals surface area (Å²) in [6.45, 7) is 0. The maximum Gasteiger partial charge on any atom is 0.310 e. The lowest BCUT2D eigenvalue weighted by molar-refractivity contribution is -0.385. The van der Waals surface area contributed by atoms with E-state index in [2.05, 4.69) is 5.32 Å². The van der Waals surface area contributed by atoms with Crippen molar-refractivity contribution in [3.8, 4) is 5.75 Å². The molecule has 0 aliphatic rings. The highest BCUT2D eigenvalue weighted by molar-refractivity contribution is 6.36. The quantitative estimate of drug-likeness (QED) is 0.661. The molecular formula is C13H8Cl2N2O4. The summed E-state index contributed by atoms with van der Waals surface area (Å²) in [7, 11) is 0.